The van der Waals surface area contributed by atoms with Crippen molar-refractivity contribution in [1.82, 2.24) is 9.55 Å². The van der Waals surface area contributed by atoms with Gasteiger partial charge in [0.2, 0.25) is 0 Å². The van der Waals surface area contributed by atoms with Gasteiger partial charge in [-0.25, -0.2) is 4.79 Å². The summed E-state index contributed by atoms with van der Waals surface area (Å²) in [6.07, 6.45) is -4.35. The lowest BCUT2D eigenvalue weighted by atomic mass is 10.2. The minimum atomic E-state index is -4.75. The Kier molecular flexibility index (Phi) is 3.25. The molecule has 0 aromatic carbocycles. The van der Waals surface area contributed by atoms with Gasteiger partial charge in [-0.15, -0.1) is 0 Å². The number of rotatable bonds is 2. The highest BCUT2D eigenvalue weighted by molar-refractivity contribution is 5.08. The smallest absolute Gasteiger partial charge is 0.313 e. The lowest BCUT2D eigenvalue weighted by Crippen LogP contribution is -2.40. The van der Waals surface area contributed by atoms with Crippen LogP contribution in [0.4, 0.5) is 13.2 Å². The summed E-state index contributed by atoms with van der Waals surface area (Å²) in [5.41, 5.74) is -3.48. The van der Waals surface area contributed by atoms with Crippen LogP contribution < -0.4 is 11.2 Å². The molecule has 90 valence electrons. The van der Waals surface area contributed by atoms with Gasteiger partial charge in [0.05, 0.1) is 0 Å². The molecule has 1 aromatic rings. The highest BCUT2D eigenvalue weighted by atomic mass is 19.4. The molecule has 0 saturated heterocycles. The zero-order valence-corrected chi connectivity index (χ0v) is 8.76. The summed E-state index contributed by atoms with van der Waals surface area (Å²) in [6, 6.07) is 0. The van der Waals surface area contributed by atoms with Crippen LogP contribution in [0.2, 0.25) is 0 Å². The maximum atomic E-state index is 12.4. The van der Waals surface area contributed by atoms with E-state index in [0.29, 0.717) is 10.8 Å². The Hall–Kier alpha value is -1.53. The highest BCUT2D eigenvalue weighted by Crippen LogP contribution is 2.25. The van der Waals surface area contributed by atoms with E-state index in [4.69, 9.17) is 0 Å². The number of aromatic amines is 1. The van der Waals surface area contributed by atoms with Crippen LogP contribution in [0, 0.1) is 5.92 Å². The molecule has 0 aliphatic rings. The van der Waals surface area contributed by atoms with Crippen LogP contribution in [0.5, 0.6) is 0 Å². The van der Waals surface area contributed by atoms with Gasteiger partial charge in [-0.3, -0.25) is 9.36 Å². The van der Waals surface area contributed by atoms with Crippen LogP contribution in [0.15, 0.2) is 15.8 Å². The van der Waals surface area contributed by atoms with Gasteiger partial charge in [0, 0.05) is 12.7 Å². The third-order valence-electron chi connectivity index (χ3n) is 1.91. The maximum Gasteiger partial charge on any atom is 0.423 e. The molecule has 0 radical (unpaired) electrons. The van der Waals surface area contributed by atoms with Crippen LogP contribution in [-0.4, -0.2) is 9.55 Å². The molecule has 0 aliphatic carbocycles. The number of H-pyrrole nitrogens is 1. The lowest BCUT2D eigenvalue weighted by Gasteiger charge is -2.10. The standard InChI is InChI=1S/C9H11F3N2O2/c1-5(2)4-14-7(15)6(9(10,11)12)3-13-8(14)16/h3,5H,4H2,1-2H3,(H,13,16). The molecule has 0 fully saturated rings. The van der Waals surface area contributed by atoms with Crippen molar-refractivity contribution in [3.8, 4) is 0 Å². The molecule has 1 rings (SSSR count). The van der Waals surface area contributed by atoms with Gasteiger partial charge in [0.1, 0.15) is 5.56 Å². The Balaban J connectivity index is 3.40. The fourth-order valence-corrected chi connectivity index (χ4v) is 1.25. The van der Waals surface area contributed by atoms with Crippen molar-refractivity contribution in [3.05, 3.63) is 32.6 Å². The van der Waals surface area contributed by atoms with Gasteiger partial charge in [0.15, 0.2) is 0 Å². The van der Waals surface area contributed by atoms with E-state index in [1.165, 1.54) is 0 Å². The van der Waals surface area contributed by atoms with E-state index in [0.717, 1.165) is 0 Å². The zero-order valence-electron chi connectivity index (χ0n) is 8.76. The fraction of sp³-hybridized carbons (Fsp3) is 0.556. The number of nitrogens with one attached hydrogen (secondary N) is 1. The maximum absolute atomic E-state index is 12.4. The van der Waals surface area contributed by atoms with Gasteiger partial charge in [0.25, 0.3) is 5.56 Å². The highest BCUT2D eigenvalue weighted by Gasteiger charge is 2.35. The van der Waals surface area contributed by atoms with Crippen molar-refractivity contribution < 1.29 is 13.2 Å². The molecular formula is C9H11F3N2O2. The molecule has 0 atom stereocenters. The molecule has 0 amide bonds. The summed E-state index contributed by atoms with van der Waals surface area (Å²) in [4.78, 5) is 24.5. The Labute approximate surface area is 88.7 Å². The second kappa shape index (κ2) is 4.15. The van der Waals surface area contributed by atoms with E-state index >= 15 is 0 Å². The van der Waals surface area contributed by atoms with Crippen molar-refractivity contribution in [1.29, 1.82) is 0 Å². The zero-order chi connectivity index (χ0) is 12.5. The Bertz CT molecular complexity index is 485. The van der Waals surface area contributed by atoms with E-state index in [1.54, 1.807) is 13.8 Å². The van der Waals surface area contributed by atoms with Gasteiger partial charge >= 0.3 is 11.9 Å². The van der Waals surface area contributed by atoms with Gasteiger partial charge in [-0.05, 0) is 5.92 Å². The lowest BCUT2D eigenvalue weighted by molar-refractivity contribution is -0.139. The molecule has 0 aliphatic heterocycles. The van der Waals surface area contributed by atoms with Crippen LogP contribution in [-0.2, 0) is 12.7 Å². The molecule has 1 N–H and O–H groups in total. The largest absolute Gasteiger partial charge is 0.423 e. The number of hydrogen-bond donors (Lipinski definition) is 1. The first kappa shape index (κ1) is 12.5. The van der Waals surface area contributed by atoms with Crippen molar-refractivity contribution in [2.45, 2.75) is 26.6 Å². The SMILES string of the molecule is CC(C)Cn1c(=O)[nH]cc(C(F)(F)F)c1=O. The fourth-order valence-electron chi connectivity index (χ4n) is 1.25. The van der Waals surface area contributed by atoms with Crippen LogP contribution >= 0.6 is 0 Å². The van der Waals surface area contributed by atoms with Gasteiger partial charge in [-0.2, -0.15) is 13.2 Å². The summed E-state index contributed by atoms with van der Waals surface area (Å²) < 4.78 is 37.7. The molecule has 16 heavy (non-hydrogen) atoms. The first-order chi connectivity index (χ1) is 7.23. The van der Waals surface area contributed by atoms with Crippen LogP contribution in [0.3, 0.4) is 0 Å². The third kappa shape index (κ3) is 2.53. The number of nitrogens with zero attached hydrogens (tertiary/aromatic N) is 1. The number of halogens is 3. The Morgan fingerprint density at radius 1 is 1.38 bits per heavy atom. The van der Waals surface area contributed by atoms with Crippen molar-refractivity contribution in [2.24, 2.45) is 5.92 Å². The Morgan fingerprint density at radius 2 is 1.94 bits per heavy atom. The molecule has 0 bridgehead atoms. The van der Waals surface area contributed by atoms with E-state index in [9.17, 15) is 22.8 Å². The van der Waals surface area contributed by atoms with E-state index < -0.39 is 23.0 Å². The molecule has 7 heteroatoms. The predicted octanol–water partition coefficient (Wildman–Crippen LogP) is 1.21. The van der Waals surface area contributed by atoms with Crippen LogP contribution in [0.1, 0.15) is 19.4 Å². The average molecular weight is 236 g/mol. The third-order valence-corrected chi connectivity index (χ3v) is 1.91. The number of alkyl halides is 3. The normalized spacial score (nSPS) is 12.1. The number of hydrogen-bond acceptors (Lipinski definition) is 2. The topological polar surface area (TPSA) is 54.9 Å². The summed E-state index contributed by atoms with van der Waals surface area (Å²) in [5, 5.41) is 0. The van der Waals surface area contributed by atoms with Crippen molar-refractivity contribution in [2.75, 3.05) is 0 Å². The minimum Gasteiger partial charge on any atom is -0.313 e. The van der Waals surface area contributed by atoms with Crippen molar-refractivity contribution >= 4 is 0 Å². The summed E-state index contributed by atoms with van der Waals surface area (Å²) >= 11 is 0. The summed E-state index contributed by atoms with van der Waals surface area (Å²) in [5.74, 6) is -0.0951. The van der Waals surface area contributed by atoms with Gasteiger partial charge < -0.3 is 4.98 Å². The molecular weight excluding hydrogens is 225 g/mol. The quantitative estimate of drug-likeness (QED) is 0.839. The monoisotopic (exact) mass is 236 g/mol. The molecule has 0 unspecified atom stereocenters. The van der Waals surface area contributed by atoms with Crippen molar-refractivity contribution in [3.63, 3.8) is 0 Å². The molecule has 1 heterocycles. The first-order valence-corrected chi connectivity index (χ1v) is 4.63. The molecule has 1 aromatic heterocycles. The minimum absolute atomic E-state index is 0.0436. The van der Waals surface area contributed by atoms with E-state index in [1.807, 2.05) is 4.98 Å². The van der Waals surface area contributed by atoms with E-state index in [-0.39, 0.29) is 12.5 Å². The summed E-state index contributed by atoms with van der Waals surface area (Å²) in [7, 11) is 0. The second-order valence-corrected chi connectivity index (χ2v) is 3.81. The predicted molar refractivity (Wildman–Crippen MR) is 51.2 cm³/mol. The Morgan fingerprint density at radius 3 is 2.38 bits per heavy atom. The average Bonchev–Trinajstić information content (AvgIpc) is 2.09. The number of aromatic nitrogens is 2. The summed E-state index contributed by atoms with van der Waals surface area (Å²) in [6.45, 7) is 3.36. The van der Waals surface area contributed by atoms with E-state index in [2.05, 4.69) is 0 Å². The molecule has 0 spiro atoms. The second-order valence-electron chi connectivity index (χ2n) is 3.81. The first-order valence-electron chi connectivity index (χ1n) is 4.63. The van der Waals surface area contributed by atoms with Crippen LogP contribution in [0.25, 0.3) is 0 Å². The molecule has 4 nitrogen and oxygen atoms in total. The van der Waals surface area contributed by atoms with Gasteiger partial charge in [-0.1, -0.05) is 13.8 Å². The molecule has 0 saturated carbocycles.